The summed E-state index contributed by atoms with van der Waals surface area (Å²) < 4.78 is 0.624. The molecule has 1 heterocycles. The molecule has 1 amide bonds. The van der Waals surface area contributed by atoms with Crippen molar-refractivity contribution in [1.29, 1.82) is 0 Å². The van der Waals surface area contributed by atoms with Crippen LogP contribution in [-0.2, 0) is 6.54 Å². The van der Waals surface area contributed by atoms with Gasteiger partial charge in [-0.3, -0.25) is 4.79 Å². The number of nitrogens with two attached hydrogens (primary N) is 1. The number of thiophene rings is 1. The van der Waals surface area contributed by atoms with Crippen LogP contribution in [0.4, 0.5) is 5.69 Å². The summed E-state index contributed by atoms with van der Waals surface area (Å²) in [5, 5.41) is 2.98. The topological polar surface area (TPSA) is 55.1 Å². The van der Waals surface area contributed by atoms with Crippen LogP contribution in [0.25, 0.3) is 0 Å². The third-order valence-electron chi connectivity index (χ3n) is 3.92. The number of halogens is 1. The second-order valence-electron chi connectivity index (χ2n) is 5.41. The Bertz CT molecular complexity index is 692. The van der Waals surface area contributed by atoms with Gasteiger partial charge in [0.25, 0.3) is 5.91 Å². The molecular weight excluding hydrogens is 304 g/mol. The molecule has 3 N–H and O–H groups in total. The van der Waals surface area contributed by atoms with E-state index < -0.39 is 0 Å². The molecule has 0 aliphatic heterocycles. The van der Waals surface area contributed by atoms with Crippen LogP contribution < -0.4 is 11.1 Å². The maximum atomic E-state index is 12.1. The van der Waals surface area contributed by atoms with Crippen molar-refractivity contribution >= 4 is 34.5 Å². The molecule has 3 rings (SSSR count). The van der Waals surface area contributed by atoms with Crippen molar-refractivity contribution in [2.24, 2.45) is 0 Å². The lowest BCUT2D eigenvalue weighted by atomic mass is 9.97. The number of nitrogens with one attached hydrogen (secondary N) is 1. The number of nitrogen functional groups attached to an aromatic ring is 1. The SMILES string of the molecule is Cc1c(N)ccc(C2CC2)c1CNC(=O)c1ccc(Cl)s1. The molecule has 1 saturated carbocycles. The largest absolute Gasteiger partial charge is 0.399 e. The number of amides is 1. The fraction of sp³-hybridized carbons (Fsp3) is 0.312. The predicted molar refractivity (Wildman–Crippen MR) is 88.1 cm³/mol. The number of hydrogen-bond acceptors (Lipinski definition) is 3. The average molecular weight is 321 g/mol. The van der Waals surface area contributed by atoms with Crippen molar-refractivity contribution in [2.45, 2.75) is 32.2 Å². The van der Waals surface area contributed by atoms with E-state index in [0.29, 0.717) is 21.7 Å². The highest BCUT2D eigenvalue weighted by Gasteiger charge is 2.27. The number of benzene rings is 1. The van der Waals surface area contributed by atoms with Gasteiger partial charge in [-0.1, -0.05) is 17.7 Å². The van der Waals surface area contributed by atoms with Crippen LogP contribution in [0.1, 0.15) is 45.1 Å². The van der Waals surface area contributed by atoms with E-state index in [0.717, 1.165) is 16.8 Å². The van der Waals surface area contributed by atoms with Crippen molar-refractivity contribution in [3.8, 4) is 0 Å². The molecule has 110 valence electrons. The van der Waals surface area contributed by atoms with Gasteiger partial charge in [-0.05, 0) is 60.6 Å². The van der Waals surface area contributed by atoms with Crippen molar-refractivity contribution in [3.05, 3.63) is 50.2 Å². The molecular formula is C16H17ClN2OS. The average Bonchev–Trinajstić information content (AvgIpc) is 3.21. The van der Waals surface area contributed by atoms with Gasteiger partial charge in [-0.25, -0.2) is 0 Å². The van der Waals surface area contributed by atoms with Gasteiger partial charge in [0.15, 0.2) is 0 Å². The molecule has 21 heavy (non-hydrogen) atoms. The quantitative estimate of drug-likeness (QED) is 0.833. The zero-order chi connectivity index (χ0) is 15.0. The van der Waals surface area contributed by atoms with E-state index >= 15 is 0 Å². The highest BCUT2D eigenvalue weighted by Crippen LogP contribution is 2.43. The molecule has 1 aromatic heterocycles. The molecule has 0 spiro atoms. The van der Waals surface area contributed by atoms with Gasteiger partial charge in [0.2, 0.25) is 0 Å². The summed E-state index contributed by atoms with van der Waals surface area (Å²) in [5.74, 6) is 0.544. The first-order chi connectivity index (χ1) is 10.1. The number of carbonyl (C=O) groups is 1. The summed E-state index contributed by atoms with van der Waals surface area (Å²) in [5.41, 5.74) is 10.3. The third kappa shape index (κ3) is 3.06. The maximum absolute atomic E-state index is 12.1. The van der Waals surface area contributed by atoms with E-state index in [9.17, 15) is 4.79 Å². The maximum Gasteiger partial charge on any atom is 0.261 e. The Balaban J connectivity index is 1.78. The lowest BCUT2D eigenvalue weighted by Crippen LogP contribution is -2.23. The van der Waals surface area contributed by atoms with Crippen molar-refractivity contribution in [2.75, 3.05) is 5.73 Å². The lowest BCUT2D eigenvalue weighted by molar-refractivity contribution is 0.0955. The van der Waals surface area contributed by atoms with Crippen LogP contribution in [0.15, 0.2) is 24.3 Å². The Morgan fingerprint density at radius 3 is 2.76 bits per heavy atom. The molecule has 5 heteroatoms. The van der Waals surface area contributed by atoms with Crippen molar-refractivity contribution < 1.29 is 4.79 Å². The van der Waals surface area contributed by atoms with Gasteiger partial charge >= 0.3 is 0 Å². The zero-order valence-corrected chi connectivity index (χ0v) is 13.4. The molecule has 1 aliphatic carbocycles. The molecule has 1 fully saturated rings. The Morgan fingerprint density at radius 2 is 2.14 bits per heavy atom. The molecule has 2 aromatic rings. The fourth-order valence-electron chi connectivity index (χ4n) is 2.50. The summed E-state index contributed by atoms with van der Waals surface area (Å²) in [7, 11) is 0. The fourth-order valence-corrected chi connectivity index (χ4v) is 3.46. The van der Waals surface area contributed by atoms with E-state index in [2.05, 4.69) is 11.4 Å². The normalized spacial score (nSPS) is 14.2. The molecule has 1 aliphatic rings. The van der Waals surface area contributed by atoms with Crippen LogP contribution in [0, 0.1) is 6.92 Å². The van der Waals surface area contributed by atoms with Crippen LogP contribution in [0.2, 0.25) is 4.34 Å². The van der Waals surface area contributed by atoms with E-state index in [-0.39, 0.29) is 5.91 Å². The van der Waals surface area contributed by atoms with Crippen molar-refractivity contribution in [3.63, 3.8) is 0 Å². The highest BCUT2D eigenvalue weighted by molar-refractivity contribution is 7.17. The van der Waals surface area contributed by atoms with Crippen molar-refractivity contribution in [1.82, 2.24) is 5.32 Å². The van der Waals surface area contributed by atoms with Gasteiger partial charge in [0.05, 0.1) is 9.21 Å². The zero-order valence-electron chi connectivity index (χ0n) is 11.8. The minimum Gasteiger partial charge on any atom is -0.399 e. The van der Waals surface area contributed by atoms with Gasteiger partial charge < -0.3 is 11.1 Å². The number of anilines is 1. The molecule has 0 radical (unpaired) electrons. The standard InChI is InChI=1S/C16H17ClN2OS/c1-9-12(11(10-2-3-10)4-5-13(9)18)8-19-16(20)14-6-7-15(17)21-14/h4-7,10H,2-3,8,18H2,1H3,(H,19,20). The van der Waals surface area contributed by atoms with Gasteiger partial charge in [-0.15, -0.1) is 11.3 Å². The third-order valence-corrected chi connectivity index (χ3v) is 5.15. The first-order valence-electron chi connectivity index (χ1n) is 6.97. The molecule has 0 unspecified atom stereocenters. The van der Waals surface area contributed by atoms with Crippen LogP contribution in [-0.4, -0.2) is 5.91 Å². The highest BCUT2D eigenvalue weighted by atomic mass is 35.5. The summed E-state index contributed by atoms with van der Waals surface area (Å²) in [4.78, 5) is 12.8. The van der Waals surface area contributed by atoms with E-state index in [1.807, 2.05) is 13.0 Å². The molecule has 0 atom stereocenters. The number of carbonyl (C=O) groups excluding carboxylic acids is 1. The molecule has 3 nitrogen and oxygen atoms in total. The molecule has 1 aromatic carbocycles. The first-order valence-corrected chi connectivity index (χ1v) is 8.17. The minimum atomic E-state index is -0.0875. The number of hydrogen-bond donors (Lipinski definition) is 2. The summed E-state index contributed by atoms with van der Waals surface area (Å²) >= 11 is 7.15. The lowest BCUT2D eigenvalue weighted by Gasteiger charge is -2.15. The minimum absolute atomic E-state index is 0.0875. The van der Waals surface area contributed by atoms with Crippen LogP contribution >= 0.6 is 22.9 Å². The van der Waals surface area contributed by atoms with E-state index in [1.54, 1.807) is 12.1 Å². The summed E-state index contributed by atoms with van der Waals surface area (Å²) in [6.45, 7) is 2.53. The molecule has 0 bridgehead atoms. The van der Waals surface area contributed by atoms with Gasteiger partial charge in [0.1, 0.15) is 0 Å². The first kappa shape index (κ1) is 14.4. The molecule has 0 saturated heterocycles. The van der Waals surface area contributed by atoms with Crippen LogP contribution in [0.3, 0.4) is 0 Å². The van der Waals surface area contributed by atoms with Gasteiger partial charge in [-0.2, -0.15) is 0 Å². The van der Waals surface area contributed by atoms with E-state index in [4.69, 9.17) is 17.3 Å². The Labute approximate surface area is 133 Å². The Morgan fingerprint density at radius 1 is 1.38 bits per heavy atom. The Kier molecular flexibility index (Phi) is 3.91. The second-order valence-corrected chi connectivity index (χ2v) is 7.12. The predicted octanol–water partition coefficient (Wildman–Crippen LogP) is 4.10. The van der Waals surface area contributed by atoms with E-state index in [1.165, 1.54) is 29.7 Å². The van der Waals surface area contributed by atoms with Gasteiger partial charge in [0, 0.05) is 12.2 Å². The number of rotatable bonds is 4. The van der Waals surface area contributed by atoms with Crippen LogP contribution in [0.5, 0.6) is 0 Å². The Hall–Kier alpha value is -1.52. The second kappa shape index (κ2) is 5.70. The summed E-state index contributed by atoms with van der Waals surface area (Å²) in [6, 6.07) is 7.55. The smallest absolute Gasteiger partial charge is 0.261 e. The summed E-state index contributed by atoms with van der Waals surface area (Å²) in [6.07, 6.45) is 2.45. The monoisotopic (exact) mass is 320 g/mol.